The van der Waals surface area contributed by atoms with Gasteiger partial charge in [-0.25, -0.2) is 4.39 Å². The lowest BCUT2D eigenvalue weighted by Gasteiger charge is -2.07. The number of halogens is 1. The summed E-state index contributed by atoms with van der Waals surface area (Å²) in [5.41, 5.74) is 1.80. The minimum atomic E-state index is -0.848. The highest BCUT2D eigenvalue weighted by Gasteiger charge is 2.38. The SMILES string of the molecule is CC(C)c1ccc(C(=O)N[C@@H]2C[C@@H]2F)cc1. The minimum Gasteiger partial charge on any atom is -0.346 e. The van der Waals surface area contributed by atoms with E-state index in [4.69, 9.17) is 0 Å². The maximum Gasteiger partial charge on any atom is 0.251 e. The topological polar surface area (TPSA) is 29.1 Å². The molecular formula is C13H16FNO. The number of hydrogen-bond acceptors (Lipinski definition) is 1. The van der Waals surface area contributed by atoms with Crippen LogP contribution in [0.2, 0.25) is 0 Å². The van der Waals surface area contributed by atoms with E-state index in [1.54, 1.807) is 12.1 Å². The van der Waals surface area contributed by atoms with Crippen LogP contribution in [-0.4, -0.2) is 18.1 Å². The van der Waals surface area contributed by atoms with Crippen molar-refractivity contribution in [3.05, 3.63) is 35.4 Å². The molecule has 2 atom stereocenters. The monoisotopic (exact) mass is 221 g/mol. The summed E-state index contributed by atoms with van der Waals surface area (Å²) in [6, 6.07) is 7.21. The zero-order valence-corrected chi connectivity index (χ0v) is 9.53. The summed E-state index contributed by atoms with van der Waals surface area (Å²) < 4.78 is 12.6. The van der Waals surface area contributed by atoms with E-state index in [0.717, 1.165) is 0 Å². The van der Waals surface area contributed by atoms with E-state index in [1.807, 2.05) is 12.1 Å². The minimum absolute atomic E-state index is 0.180. The molecule has 2 rings (SSSR count). The number of nitrogens with one attached hydrogen (secondary N) is 1. The summed E-state index contributed by atoms with van der Waals surface area (Å²) in [7, 11) is 0. The van der Waals surface area contributed by atoms with Gasteiger partial charge in [0.25, 0.3) is 5.91 Å². The third kappa shape index (κ3) is 2.40. The highest BCUT2D eigenvalue weighted by molar-refractivity contribution is 5.94. The predicted octanol–water partition coefficient (Wildman–Crippen LogP) is 2.65. The Labute approximate surface area is 94.9 Å². The lowest BCUT2D eigenvalue weighted by molar-refractivity contribution is 0.0947. The van der Waals surface area contributed by atoms with E-state index in [9.17, 15) is 9.18 Å². The van der Waals surface area contributed by atoms with Crippen LogP contribution < -0.4 is 5.32 Å². The second-order valence-corrected chi connectivity index (χ2v) is 4.61. The average molecular weight is 221 g/mol. The van der Waals surface area contributed by atoms with Gasteiger partial charge in [-0.15, -0.1) is 0 Å². The Balaban J connectivity index is 2.00. The van der Waals surface area contributed by atoms with E-state index < -0.39 is 6.17 Å². The fourth-order valence-corrected chi connectivity index (χ4v) is 1.58. The molecular weight excluding hydrogens is 205 g/mol. The summed E-state index contributed by atoms with van der Waals surface area (Å²) in [5.74, 6) is 0.274. The van der Waals surface area contributed by atoms with Gasteiger partial charge in [-0.1, -0.05) is 26.0 Å². The Morgan fingerprint density at radius 2 is 1.94 bits per heavy atom. The van der Waals surface area contributed by atoms with Gasteiger partial charge in [0.2, 0.25) is 0 Å². The predicted molar refractivity (Wildman–Crippen MR) is 61.3 cm³/mol. The van der Waals surface area contributed by atoms with E-state index in [0.29, 0.717) is 17.9 Å². The molecule has 0 heterocycles. The van der Waals surface area contributed by atoms with E-state index in [2.05, 4.69) is 19.2 Å². The van der Waals surface area contributed by atoms with Gasteiger partial charge in [-0.3, -0.25) is 4.79 Å². The summed E-state index contributed by atoms with van der Waals surface area (Å²) in [6.45, 7) is 4.21. The Bertz CT molecular complexity index is 385. The fraction of sp³-hybridized carbons (Fsp3) is 0.462. The Hall–Kier alpha value is -1.38. The van der Waals surface area contributed by atoms with Crippen molar-refractivity contribution >= 4 is 5.91 Å². The maximum atomic E-state index is 12.6. The van der Waals surface area contributed by atoms with Crippen molar-refractivity contribution in [2.45, 2.75) is 38.4 Å². The molecule has 1 saturated carbocycles. The first-order valence-electron chi connectivity index (χ1n) is 5.63. The van der Waals surface area contributed by atoms with Crippen LogP contribution >= 0.6 is 0 Å². The largest absolute Gasteiger partial charge is 0.346 e. The highest BCUT2D eigenvalue weighted by atomic mass is 19.1. The first-order valence-corrected chi connectivity index (χ1v) is 5.63. The third-order valence-corrected chi connectivity index (χ3v) is 2.87. The van der Waals surface area contributed by atoms with Gasteiger partial charge in [0.15, 0.2) is 0 Å². The zero-order chi connectivity index (χ0) is 11.7. The van der Waals surface area contributed by atoms with E-state index in [1.165, 1.54) is 5.56 Å². The van der Waals surface area contributed by atoms with Crippen molar-refractivity contribution in [3.63, 3.8) is 0 Å². The van der Waals surface area contributed by atoms with Gasteiger partial charge in [0.05, 0.1) is 6.04 Å². The molecule has 1 fully saturated rings. The third-order valence-electron chi connectivity index (χ3n) is 2.87. The van der Waals surface area contributed by atoms with Crippen LogP contribution in [0.15, 0.2) is 24.3 Å². The maximum absolute atomic E-state index is 12.6. The molecule has 1 aromatic carbocycles. The molecule has 0 radical (unpaired) electrons. The van der Waals surface area contributed by atoms with Crippen LogP contribution in [0.1, 0.15) is 42.1 Å². The zero-order valence-electron chi connectivity index (χ0n) is 9.53. The summed E-state index contributed by atoms with van der Waals surface area (Å²) in [6.07, 6.45) is -0.394. The summed E-state index contributed by atoms with van der Waals surface area (Å²) >= 11 is 0. The fourth-order valence-electron chi connectivity index (χ4n) is 1.58. The van der Waals surface area contributed by atoms with Crippen LogP contribution in [0.5, 0.6) is 0 Å². The second-order valence-electron chi connectivity index (χ2n) is 4.61. The molecule has 16 heavy (non-hydrogen) atoms. The number of carbonyl (C=O) groups is 1. The normalized spacial score (nSPS) is 23.2. The molecule has 0 bridgehead atoms. The lowest BCUT2D eigenvalue weighted by Crippen LogP contribution is -2.27. The molecule has 1 N–H and O–H groups in total. The van der Waals surface area contributed by atoms with Gasteiger partial charge in [-0.2, -0.15) is 0 Å². The molecule has 2 nitrogen and oxygen atoms in total. The van der Waals surface area contributed by atoms with Crippen molar-refractivity contribution in [3.8, 4) is 0 Å². The summed E-state index contributed by atoms with van der Waals surface area (Å²) in [4.78, 5) is 11.6. The van der Waals surface area contributed by atoms with Crippen LogP contribution in [0.3, 0.4) is 0 Å². The van der Waals surface area contributed by atoms with Crippen molar-refractivity contribution in [1.82, 2.24) is 5.32 Å². The highest BCUT2D eigenvalue weighted by Crippen LogP contribution is 2.25. The van der Waals surface area contributed by atoms with Crippen molar-refractivity contribution in [1.29, 1.82) is 0 Å². The van der Waals surface area contributed by atoms with Crippen LogP contribution in [-0.2, 0) is 0 Å². The van der Waals surface area contributed by atoms with Crippen LogP contribution in [0.25, 0.3) is 0 Å². The standard InChI is InChI=1S/C13H16FNO/c1-8(2)9-3-5-10(6-4-9)13(16)15-12-7-11(12)14/h3-6,8,11-12H,7H2,1-2H3,(H,15,16)/t11-,12+/m0/s1. The first kappa shape index (κ1) is 11.1. The van der Waals surface area contributed by atoms with Crippen LogP contribution in [0.4, 0.5) is 4.39 Å². The Kier molecular flexibility index (Phi) is 2.95. The van der Waals surface area contributed by atoms with Gasteiger partial charge in [0.1, 0.15) is 6.17 Å². The van der Waals surface area contributed by atoms with Crippen molar-refractivity contribution in [2.75, 3.05) is 0 Å². The summed E-state index contributed by atoms with van der Waals surface area (Å²) in [5, 5.41) is 2.65. The smallest absolute Gasteiger partial charge is 0.251 e. The molecule has 1 amide bonds. The van der Waals surface area contributed by atoms with E-state index >= 15 is 0 Å². The Morgan fingerprint density at radius 3 is 2.38 bits per heavy atom. The number of carbonyl (C=O) groups excluding carboxylic acids is 1. The van der Waals surface area contributed by atoms with E-state index in [-0.39, 0.29) is 11.9 Å². The lowest BCUT2D eigenvalue weighted by atomic mass is 10.0. The number of hydrogen-bond donors (Lipinski definition) is 1. The van der Waals surface area contributed by atoms with Gasteiger partial charge in [0, 0.05) is 12.0 Å². The molecule has 1 aliphatic carbocycles. The molecule has 0 aliphatic heterocycles. The average Bonchev–Trinajstić information content (AvgIpc) is 2.94. The molecule has 3 heteroatoms. The molecule has 0 aromatic heterocycles. The molecule has 0 spiro atoms. The van der Waals surface area contributed by atoms with Gasteiger partial charge < -0.3 is 5.32 Å². The number of alkyl halides is 1. The first-order chi connectivity index (χ1) is 7.58. The second kappa shape index (κ2) is 4.24. The van der Waals surface area contributed by atoms with Crippen molar-refractivity contribution < 1.29 is 9.18 Å². The molecule has 86 valence electrons. The van der Waals surface area contributed by atoms with Crippen LogP contribution in [0, 0.1) is 0 Å². The quantitative estimate of drug-likeness (QED) is 0.835. The van der Waals surface area contributed by atoms with Gasteiger partial charge >= 0.3 is 0 Å². The number of benzene rings is 1. The molecule has 1 aromatic rings. The van der Waals surface area contributed by atoms with Crippen molar-refractivity contribution in [2.24, 2.45) is 0 Å². The molecule has 1 aliphatic rings. The number of amides is 1. The molecule has 0 saturated heterocycles. The number of rotatable bonds is 3. The van der Waals surface area contributed by atoms with Gasteiger partial charge in [-0.05, 0) is 23.6 Å². The molecule has 0 unspecified atom stereocenters. The Morgan fingerprint density at radius 1 is 1.38 bits per heavy atom.